The number of fused-ring (bicyclic) bond motifs is 1. The molecule has 114 valence electrons. The first-order valence-electron chi connectivity index (χ1n) is 8.06. The van der Waals surface area contributed by atoms with Gasteiger partial charge in [-0.1, -0.05) is 19.1 Å². The topological polar surface area (TPSA) is 29.5 Å². The number of benzene rings is 1. The van der Waals surface area contributed by atoms with Crippen LogP contribution in [-0.4, -0.2) is 37.4 Å². The van der Waals surface area contributed by atoms with Crippen LogP contribution in [0.25, 0.3) is 0 Å². The van der Waals surface area contributed by atoms with E-state index in [0.29, 0.717) is 18.1 Å². The van der Waals surface area contributed by atoms with Crippen LogP contribution in [-0.2, 0) is 10.2 Å². The van der Waals surface area contributed by atoms with Crippen molar-refractivity contribution < 1.29 is 9.53 Å². The second-order valence-corrected chi connectivity index (χ2v) is 6.48. The SMILES string of the molecule is CCN1CCC2(c3cccc(OC)c3)CC(=O)CCC2C1. The summed E-state index contributed by atoms with van der Waals surface area (Å²) in [4.78, 5) is 14.7. The van der Waals surface area contributed by atoms with Crippen molar-refractivity contribution in [3.63, 3.8) is 0 Å². The Morgan fingerprint density at radius 1 is 1.43 bits per heavy atom. The summed E-state index contributed by atoms with van der Waals surface area (Å²) in [5.74, 6) is 1.92. The highest BCUT2D eigenvalue weighted by atomic mass is 16.5. The van der Waals surface area contributed by atoms with Gasteiger partial charge in [0.05, 0.1) is 7.11 Å². The Kier molecular flexibility index (Phi) is 4.03. The molecule has 3 heteroatoms. The van der Waals surface area contributed by atoms with Gasteiger partial charge in [0.15, 0.2) is 0 Å². The van der Waals surface area contributed by atoms with E-state index in [1.54, 1.807) is 7.11 Å². The minimum Gasteiger partial charge on any atom is -0.497 e. The number of ether oxygens (including phenoxy) is 1. The first-order chi connectivity index (χ1) is 10.2. The van der Waals surface area contributed by atoms with Crippen LogP contribution in [0.15, 0.2) is 24.3 Å². The minimum atomic E-state index is 0.0372. The summed E-state index contributed by atoms with van der Waals surface area (Å²) < 4.78 is 5.40. The normalized spacial score (nSPS) is 30.0. The zero-order valence-electron chi connectivity index (χ0n) is 13.1. The molecular formula is C18H25NO2. The number of ketones is 1. The number of hydrogen-bond donors (Lipinski definition) is 0. The molecule has 2 unspecified atom stereocenters. The predicted molar refractivity (Wildman–Crippen MR) is 83.8 cm³/mol. The van der Waals surface area contributed by atoms with E-state index in [0.717, 1.165) is 44.6 Å². The van der Waals surface area contributed by atoms with E-state index in [1.807, 2.05) is 6.07 Å². The summed E-state index contributed by atoms with van der Waals surface area (Å²) >= 11 is 0. The lowest BCUT2D eigenvalue weighted by Crippen LogP contribution is -2.52. The summed E-state index contributed by atoms with van der Waals surface area (Å²) in [6, 6.07) is 8.38. The highest BCUT2D eigenvalue weighted by Crippen LogP contribution is 2.48. The molecule has 2 atom stereocenters. The second-order valence-electron chi connectivity index (χ2n) is 6.48. The van der Waals surface area contributed by atoms with E-state index in [1.165, 1.54) is 5.56 Å². The van der Waals surface area contributed by atoms with Crippen LogP contribution >= 0.6 is 0 Å². The summed E-state index contributed by atoms with van der Waals surface area (Å²) in [5.41, 5.74) is 1.34. The number of Topliss-reactive ketones (excluding diaryl/α,β-unsaturated/α-hetero) is 1. The largest absolute Gasteiger partial charge is 0.497 e. The number of nitrogens with zero attached hydrogens (tertiary/aromatic N) is 1. The van der Waals surface area contributed by atoms with Gasteiger partial charge in [-0.05, 0) is 49.5 Å². The van der Waals surface area contributed by atoms with Gasteiger partial charge in [0, 0.05) is 24.8 Å². The number of methoxy groups -OCH3 is 1. The van der Waals surface area contributed by atoms with Gasteiger partial charge in [-0.15, -0.1) is 0 Å². The van der Waals surface area contributed by atoms with Gasteiger partial charge in [-0.25, -0.2) is 0 Å². The summed E-state index contributed by atoms with van der Waals surface area (Å²) in [7, 11) is 1.71. The molecule has 0 aromatic heterocycles. The Morgan fingerprint density at radius 3 is 3.05 bits per heavy atom. The lowest BCUT2D eigenvalue weighted by Gasteiger charge is -2.50. The Bertz CT molecular complexity index is 528. The molecule has 1 saturated carbocycles. The molecule has 0 bridgehead atoms. The van der Waals surface area contributed by atoms with Crippen LogP contribution in [0, 0.1) is 5.92 Å². The summed E-state index contributed by atoms with van der Waals surface area (Å²) in [6.07, 6.45) is 3.59. The van der Waals surface area contributed by atoms with E-state index in [2.05, 4.69) is 30.0 Å². The second kappa shape index (κ2) is 5.80. The van der Waals surface area contributed by atoms with Crippen molar-refractivity contribution in [3.8, 4) is 5.75 Å². The molecule has 1 aliphatic heterocycles. The monoisotopic (exact) mass is 287 g/mol. The summed E-state index contributed by atoms with van der Waals surface area (Å²) in [5, 5.41) is 0. The van der Waals surface area contributed by atoms with Crippen molar-refractivity contribution in [2.24, 2.45) is 5.92 Å². The lowest BCUT2D eigenvalue weighted by molar-refractivity contribution is -0.125. The van der Waals surface area contributed by atoms with Crippen molar-refractivity contribution in [2.75, 3.05) is 26.7 Å². The lowest BCUT2D eigenvalue weighted by atomic mass is 9.59. The fourth-order valence-corrected chi connectivity index (χ4v) is 4.22. The van der Waals surface area contributed by atoms with Gasteiger partial charge in [0.2, 0.25) is 0 Å². The van der Waals surface area contributed by atoms with E-state index >= 15 is 0 Å². The van der Waals surface area contributed by atoms with Crippen molar-refractivity contribution in [3.05, 3.63) is 29.8 Å². The first-order valence-corrected chi connectivity index (χ1v) is 8.06. The third-order valence-corrected chi connectivity index (χ3v) is 5.51. The fraction of sp³-hybridized carbons (Fsp3) is 0.611. The van der Waals surface area contributed by atoms with E-state index in [4.69, 9.17) is 4.74 Å². The highest BCUT2D eigenvalue weighted by molar-refractivity contribution is 5.81. The van der Waals surface area contributed by atoms with Gasteiger partial charge in [-0.2, -0.15) is 0 Å². The molecule has 21 heavy (non-hydrogen) atoms. The van der Waals surface area contributed by atoms with Crippen LogP contribution in [0.2, 0.25) is 0 Å². The maximum atomic E-state index is 12.2. The van der Waals surface area contributed by atoms with Gasteiger partial charge in [-0.3, -0.25) is 4.79 Å². The van der Waals surface area contributed by atoms with Crippen molar-refractivity contribution >= 4 is 5.78 Å². The molecule has 0 spiro atoms. The predicted octanol–water partition coefficient (Wildman–Crippen LogP) is 3.03. The fourth-order valence-electron chi connectivity index (χ4n) is 4.22. The number of rotatable bonds is 3. The number of piperidine rings is 1. The Hall–Kier alpha value is -1.35. The smallest absolute Gasteiger partial charge is 0.133 e. The van der Waals surface area contributed by atoms with E-state index in [-0.39, 0.29) is 5.41 Å². The van der Waals surface area contributed by atoms with Crippen molar-refractivity contribution in [2.45, 2.75) is 38.0 Å². The zero-order valence-corrected chi connectivity index (χ0v) is 13.1. The van der Waals surface area contributed by atoms with Gasteiger partial charge in [0.25, 0.3) is 0 Å². The third kappa shape index (κ3) is 2.59. The molecule has 0 N–H and O–H groups in total. The maximum Gasteiger partial charge on any atom is 0.133 e. The molecule has 2 aliphatic rings. The van der Waals surface area contributed by atoms with Gasteiger partial charge >= 0.3 is 0 Å². The highest BCUT2D eigenvalue weighted by Gasteiger charge is 2.47. The molecule has 1 heterocycles. The Labute approximate surface area is 127 Å². The molecular weight excluding hydrogens is 262 g/mol. The molecule has 2 fully saturated rings. The first kappa shape index (κ1) is 14.6. The molecule has 0 radical (unpaired) electrons. The van der Waals surface area contributed by atoms with Crippen LogP contribution < -0.4 is 4.74 Å². The third-order valence-electron chi connectivity index (χ3n) is 5.51. The molecule has 1 saturated heterocycles. The molecule has 3 rings (SSSR count). The Morgan fingerprint density at radius 2 is 2.29 bits per heavy atom. The van der Waals surface area contributed by atoms with Crippen LogP contribution in [0.1, 0.15) is 38.2 Å². The number of carbonyl (C=O) groups excluding carboxylic acids is 1. The molecule has 1 aliphatic carbocycles. The Balaban J connectivity index is 1.98. The van der Waals surface area contributed by atoms with Crippen LogP contribution in [0.5, 0.6) is 5.75 Å². The number of hydrogen-bond acceptors (Lipinski definition) is 3. The number of likely N-dealkylation sites (tertiary alicyclic amines) is 1. The molecule has 0 amide bonds. The molecule has 3 nitrogen and oxygen atoms in total. The van der Waals surface area contributed by atoms with E-state index in [9.17, 15) is 4.79 Å². The minimum absolute atomic E-state index is 0.0372. The molecule has 1 aromatic carbocycles. The van der Waals surface area contributed by atoms with Crippen molar-refractivity contribution in [1.82, 2.24) is 4.90 Å². The van der Waals surface area contributed by atoms with Gasteiger partial charge < -0.3 is 9.64 Å². The van der Waals surface area contributed by atoms with Crippen LogP contribution in [0.3, 0.4) is 0 Å². The van der Waals surface area contributed by atoms with Crippen LogP contribution in [0.4, 0.5) is 0 Å². The quantitative estimate of drug-likeness (QED) is 0.856. The van der Waals surface area contributed by atoms with Crippen molar-refractivity contribution in [1.29, 1.82) is 0 Å². The standard InChI is InChI=1S/C18H25NO2/c1-3-19-10-9-18(12-16(20)8-7-15(18)13-19)14-5-4-6-17(11-14)21-2/h4-6,11,15H,3,7-10,12-13H2,1-2H3. The van der Waals surface area contributed by atoms with Gasteiger partial charge in [0.1, 0.15) is 11.5 Å². The molecule has 1 aromatic rings. The number of carbonyl (C=O) groups is 1. The average molecular weight is 287 g/mol. The maximum absolute atomic E-state index is 12.2. The average Bonchev–Trinajstić information content (AvgIpc) is 2.54. The van der Waals surface area contributed by atoms with E-state index < -0.39 is 0 Å². The summed E-state index contributed by atoms with van der Waals surface area (Å²) in [6.45, 7) is 5.56. The zero-order chi connectivity index (χ0) is 14.9.